The summed E-state index contributed by atoms with van der Waals surface area (Å²) in [4.78, 5) is 0. The zero-order valence-electron chi connectivity index (χ0n) is 18.0. The van der Waals surface area contributed by atoms with E-state index in [-0.39, 0.29) is 13.0 Å². The fourth-order valence-corrected chi connectivity index (χ4v) is 5.15. The molecular formula is C27H35FO2. The van der Waals surface area contributed by atoms with Crippen LogP contribution in [0, 0.1) is 35.5 Å². The second kappa shape index (κ2) is 10.6. The molecule has 3 aliphatic rings. The minimum Gasteiger partial charge on any atom is -0.352 e. The summed E-state index contributed by atoms with van der Waals surface area (Å²) in [6.45, 7) is 5.15. The number of benzene rings is 1. The molecule has 2 nitrogen and oxygen atoms in total. The van der Waals surface area contributed by atoms with Crippen LogP contribution in [0.3, 0.4) is 0 Å². The number of alkyl halides is 1. The molecule has 0 atom stereocenters. The highest BCUT2D eigenvalue weighted by Crippen LogP contribution is 2.36. The highest BCUT2D eigenvalue weighted by atomic mass is 19.1. The molecule has 0 unspecified atom stereocenters. The first kappa shape index (κ1) is 21.6. The van der Waals surface area contributed by atoms with Crippen molar-refractivity contribution in [3.05, 3.63) is 48.0 Å². The van der Waals surface area contributed by atoms with Crippen LogP contribution >= 0.6 is 0 Å². The highest BCUT2D eigenvalue weighted by Gasteiger charge is 2.31. The second-order valence-electron chi connectivity index (χ2n) is 9.41. The van der Waals surface area contributed by atoms with Gasteiger partial charge in [0.05, 0.1) is 19.9 Å². The van der Waals surface area contributed by atoms with Crippen LogP contribution in [-0.4, -0.2) is 26.2 Å². The van der Waals surface area contributed by atoms with E-state index in [1.807, 2.05) is 6.08 Å². The average molecular weight is 411 g/mol. The van der Waals surface area contributed by atoms with E-state index in [1.54, 1.807) is 0 Å². The van der Waals surface area contributed by atoms with Gasteiger partial charge in [0.25, 0.3) is 0 Å². The third-order valence-electron chi connectivity index (χ3n) is 7.31. The number of ether oxygens (including phenoxy) is 2. The molecule has 2 aliphatic carbocycles. The Bertz CT molecular complexity index is 722. The van der Waals surface area contributed by atoms with Gasteiger partial charge in [-0.05, 0) is 80.9 Å². The summed E-state index contributed by atoms with van der Waals surface area (Å²) in [5.74, 6) is 9.09. The molecule has 1 heterocycles. The van der Waals surface area contributed by atoms with E-state index in [2.05, 4.69) is 42.7 Å². The lowest BCUT2D eigenvalue weighted by atomic mass is 9.79. The van der Waals surface area contributed by atoms with Crippen molar-refractivity contribution in [3.8, 4) is 11.8 Å². The third-order valence-corrected chi connectivity index (χ3v) is 7.31. The summed E-state index contributed by atoms with van der Waals surface area (Å²) in [6, 6.07) is 8.79. The maximum absolute atomic E-state index is 12.8. The van der Waals surface area contributed by atoms with Gasteiger partial charge in [-0.15, -0.1) is 6.58 Å². The Hall–Kier alpha value is -1.63. The Kier molecular flexibility index (Phi) is 7.63. The molecule has 30 heavy (non-hydrogen) atoms. The zero-order chi connectivity index (χ0) is 20.8. The zero-order valence-corrected chi connectivity index (χ0v) is 18.0. The first-order valence-electron chi connectivity index (χ1n) is 11.8. The van der Waals surface area contributed by atoms with Gasteiger partial charge in [0.15, 0.2) is 6.29 Å². The normalized spacial score (nSPS) is 34.6. The Morgan fingerprint density at radius 3 is 2.20 bits per heavy atom. The average Bonchev–Trinajstić information content (AvgIpc) is 2.83. The van der Waals surface area contributed by atoms with Crippen LogP contribution < -0.4 is 0 Å². The lowest BCUT2D eigenvalue weighted by Crippen LogP contribution is -2.37. The molecule has 1 saturated heterocycles. The molecule has 2 saturated carbocycles. The van der Waals surface area contributed by atoms with Crippen molar-refractivity contribution in [2.45, 2.75) is 63.6 Å². The molecule has 3 fully saturated rings. The quantitative estimate of drug-likeness (QED) is 0.431. The van der Waals surface area contributed by atoms with E-state index >= 15 is 0 Å². The summed E-state index contributed by atoms with van der Waals surface area (Å²) in [5.41, 5.74) is 2.50. The van der Waals surface area contributed by atoms with Gasteiger partial charge in [-0.25, -0.2) is 0 Å². The molecule has 3 heteroatoms. The summed E-state index contributed by atoms with van der Waals surface area (Å²) < 4.78 is 24.6. The predicted molar refractivity (Wildman–Crippen MR) is 119 cm³/mol. The van der Waals surface area contributed by atoms with Crippen LogP contribution in [0.25, 0.3) is 0 Å². The summed E-state index contributed by atoms with van der Waals surface area (Å²) in [5, 5.41) is 0. The predicted octanol–water partition coefficient (Wildman–Crippen LogP) is 6.26. The standard InChI is InChI=1S/C27H35FO2/c1-2-20-18-29-27(30-19-20)26-15-7-22(8-16-26)4-3-21-5-11-24(12-6-21)25-13-9-23(17-28)10-14-25/h2,5-6,11-12,20,22-23,25-27H,1,7-10,13-19H2. The van der Waals surface area contributed by atoms with Crippen LogP contribution in [0.5, 0.6) is 0 Å². The molecule has 1 aliphatic heterocycles. The lowest BCUT2D eigenvalue weighted by molar-refractivity contribution is -0.222. The minimum atomic E-state index is -0.153. The molecule has 0 N–H and O–H groups in total. The van der Waals surface area contributed by atoms with Crippen molar-refractivity contribution in [1.29, 1.82) is 0 Å². The summed E-state index contributed by atoms with van der Waals surface area (Å²) >= 11 is 0. The maximum Gasteiger partial charge on any atom is 0.160 e. The topological polar surface area (TPSA) is 18.5 Å². The largest absolute Gasteiger partial charge is 0.352 e. The number of hydrogen-bond acceptors (Lipinski definition) is 2. The molecule has 1 aromatic carbocycles. The molecule has 162 valence electrons. The van der Waals surface area contributed by atoms with E-state index < -0.39 is 0 Å². The Labute approximate surface area is 181 Å². The van der Waals surface area contributed by atoms with Crippen molar-refractivity contribution in [3.63, 3.8) is 0 Å². The molecule has 1 aromatic rings. The maximum atomic E-state index is 12.8. The molecule has 0 amide bonds. The van der Waals surface area contributed by atoms with Gasteiger partial charge in [-0.2, -0.15) is 0 Å². The van der Waals surface area contributed by atoms with Gasteiger partial charge in [-0.3, -0.25) is 4.39 Å². The van der Waals surface area contributed by atoms with Gasteiger partial charge >= 0.3 is 0 Å². The summed E-state index contributed by atoms with van der Waals surface area (Å²) in [7, 11) is 0. The molecule has 4 rings (SSSR count). The number of rotatable bonds is 4. The third kappa shape index (κ3) is 5.54. The monoisotopic (exact) mass is 410 g/mol. The lowest BCUT2D eigenvalue weighted by Gasteiger charge is -2.36. The molecule has 0 bridgehead atoms. The van der Waals surface area contributed by atoms with Crippen LogP contribution in [-0.2, 0) is 9.47 Å². The second-order valence-corrected chi connectivity index (χ2v) is 9.41. The molecule has 0 radical (unpaired) electrons. The van der Waals surface area contributed by atoms with Gasteiger partial charge in [0.2, 0.25) is 0 Å². The van der Waals surface area contributed by atoms with E-state index in [0.29, 0.717) is 29.6 Å². The first-order chi connectivity index (χ1) is 14.7. The Morgan fingerprint density at radius 1 is 0.933 bits per heavy atom. The van der Waals surface area contributed by atoms with Crippen molar-refractivity contribution < 1.29 is 13.9 Å². The SMILES string of the molecule is C=CC1COC(C2CCC(C#Cc3ccc(C4CCC(CF)CC4)cc3)CC2)OC1. The number of halogens is 1. The van der Waals surface area contributed by atoms with Gasteiger partial charge < -0.3 is 9.47 Å². The van der Waals surface area contributed by atoms with Crippen LogP contribution in [0.15, 0.2) is 36.9 Å². The van der Waals surface area contributed by atoms with E-state index in [9.17, 15) is 4.39 Å². The highest BCUT2D eigenvalue weighted by molar-refractivity contribution is 5.37. The van der Waals surface area contributed by atoms with Crippen molar-refractivity contribution in [2.24, 2.45) is 23.7 Å². The summed E-state index contributed by atoms with van der Waals surface area (Å²) in [6.07, 6.45) is 10.7. The van der Waals surface area contributed by atoms with Gasteiger partial charge in [-0.1, -0.05) is 30.0 Å². The minimum absolute atomic E-state index is 0.0392. The Morgan fingerprint density at radius 2 is 1.60 bits per heavy atom. The van der Waals surface area contributed by atoms with E-state index in [1.165, 1.54) is 5.56 Å². The van der Waals surface area contributed by atoms with Crippen molar-refractivity contribution >= 4 is 0 Å². The molecule has 0 spiro atoms. The smallest absolute Gasteiger partial charge is 0.160 e. The van der Waals surface area contributed by atoms with Crippen molar-refractivity contribution in [2.75, 3.05) is 19.9 Å². The molecular weight excluding hydrogens is 375 g/mol. The van der Waals surface area contributed by atoms with Crippen molar-refractivity contribution in [1.82, 2.24) is 0 Å². The number of hydrogen-bond donors (Lipinski definition) is 0. The van der Waals surface area contributed by atoms with Gasteiger partial charge in [0.1, 0.15) is 0 Å². The van der Waals surface area contributed by atoms with Crippen LogP contribution in [0.1, 0.15) is 68.4 Å². The van der Waals surface area contributed by atoms with E-state index in [4.69, 9.17) is 9.47 Å². The fraction of sp³-hybridized carbons (Fsp3) is 0.630. The molecule has 0 aromatic heterocycles. The fourth-order valence-electron chi connectivity index (χ4n) is 5.15. The van der Waals surface area contributed by atoms with Crippen LogP contribution in [0.2, 0.25) is 0 Å². The van der Waals surface area contributed by atoms with E-state index in [0.717, 1.165) is 70.1 Å². The van der Waals surface area contributed by atoms with Gasteiger partial charge in [0, 0.05) is 23.3 Å². The van der Waals surface area contributed by atoms with Crippen LogP contribution in [0.4, 0.5) is 4.39 Å². The first-order valence-corrected chi connectivity index (χ1v) is 11.8. The Balaban J connectivity index is 1.23.